The van der Waals surface area contributed by atoms with Crippen molar-refractivity contribution in [2.75, 3.05) is 11.9 Å². The number of carbonyl (C=O) groups is 3. The zero-order valence-corrected chi connectivity index (χ0v) is 12.7. The van der Waals surface area contributed by atoms with Gasteiger partial charge in [0.25, 0.3) is 5.91 Å². The molecule has 23 heavy (non-hydrogen) atoms. The van der Waals surface area contributed by atoms with Crippen LogP contribution in [-0.2, 0) is 9.53 Å². The lowest BCUT2D eigenvalue weighted by atomic mass is 10.1. The van der Waals surface area contributed by atoms with Gasteiger partial charge < -0.3 is 10.1 Å². The Morgan fingerprint density at radius 1 is 1.09 bits per heavy atom. The molecule has 0 saturated heterocycles. The molecule has 118 valence electrons. The molecule has 2 aromatic rings. The molecule has 0 fully saturated rings. The third kappa shape index (κ3) is 4.70. The van der Waals surface area contributed by atoms with Crippen LogP contribution < -0.4 is 5.32 Å². The van der Waals surface area contributed by atoms with Crippen molar-refractivity contribution in [1.82, 2.24) is 9.97 Å². The highest BCUT2D eigenvalue weighted by Crippen LogP contribution is 2.10. The first-order valence-electron chi connectivity index (χ1n) is 6.82. The fourth-order valence-electron chi connectivity index (χ4n) is 1.69. The van der Waals surface area contributed by atoms with E-state index in [1.54, 1.807) is 31.2 Å². The second-order valence-corrected chi connectivity index (χ2v) is 4.80. The van der Waals surface area contributed by atoms with Gasteiger partial charge in [0.05, 0.1) is 11.9 Å². The van der Waals surface area contributed by atoms with E-state index in [0.29, 0.717) is 16.9 Å². The third-order valence-corrected chi connectivity index (χ3v) is 2.90. The fraction of sp³-hybridized carbons (Fsp3) is 0.188. The van der Waals surface area contributed by atoms with Crippen molar-refractivity contribution in [1.29, 1.82) is 0 Å². The Morgan fingerprint density at radius 3 is 2.35 bits per heavy atom. The molecule has 0 aliphatic heterocycles. The zero-order valence-electron chi connectivity index (χ0n) is 12.7. The predicted molar refractivity (Wildman–Crippen MR) is 82.1 cm³/mol. The average molecular weight is 313 g/mol. The van der Waals surface area contributed by atoms with Crippen LogP contribution in [0.3, 0.4) is 0 Å². The van der Waals surface area contributed by atoms with Crippen LogP contribution >= 0.6 is 0 Å². The van der Waals surface area contributed by atoms with Crippen molar-refractivity contribution < 1.29 is 19.1 Å². The minimum Gasteiger partial charge on any atom is -0.451 e. The van der Waals surface area contributed by atoms with Crippen LogP contribution in [0.2, 0.25) is 0 Å². The standard InChI is InChI=1S/C16H15N3O4/c1-10-7-18-14(8-17-10)16(22)23-9-15(21)19-13-5-3-12(4-6-13)11(2)20/h3-8H,9H2,1-2H3,(H,19,21). The molecule has 0 saturated carbocycles. The molecule has 0 unspecified atom stereocenters. The summed E-state index contributed by atoms with van der Waals surface area (Å²) in [5, 5.41) is 2.56. The first-order chi connectivity index (χ1) is 11.0. The molecule has 2 rings (SSSR count). The van der Waals surface area contributed by atoms with Crippen molar-refractivity contribution in [3.05, 3.63) is 53.6 Å². The summed E-state index contributed by atoms with van der Waals surface area (Å²) in [5.74, 6) is -1.27. The van der Waals surface area contributed by atoms with E-state index >= 15 is 0 Å². The Kier molecular flexibility index (Phi) is 5.14. The lowest BCUT2D eigenvalue weighted by molar-refractivity contribution is -0.119. The molecule has 0 spiro atoms. The van der Waals surface area contributed by atoms with Crippen molar-refractivity contribution in [3.63, 3.8) is 0 Å². The van der Waals surface area contributed by atoms with Gasteiger partial charge in [-0.3, -0.25) is 14.6 Å². The van der Waals surface area contributed by atoms with Gasteiger partial charge in [0, 0.05) is 17.4 Å². The molecule has 0 aliphatic rings. The molecular weight excluding hydrogens is 298 g/mol. The Hall–Kier alpha value is -3.09. The number of hydrogen-bond donors (Lipinski definition) is 1. The Bertz CT molecular complexity index is 724. The fourth-order valence-corrected chi connectivity index (χ4v) is 1.69. The first kappa shape index (κ1) is 16.3. The maximum absolute atomic E-state index is 11.7. The SMILES string of the molecule is CC(=O)c1ccc(NC(=O)COC(=O)c2cnc(C)cn2)cc1. The maximum Gasteiger partial charge on any atom is 0.359 e. The monoisotopic (exact) mass is 313 g/mol. The number of ketones is 1. The molecule has 1 heterocycles. The van der Waals surface area contributed by atoms with E-state index in [0.717, 1.165) is 0 Å². The van der Waals surface area contributed by atoms with E-state index in [4.69, 9.17) is 4.74 Å². The number of anilines is 1. The van der Waals surface area contributed by atoms with Gasteiger partial charge in [-0.05, 0) is 38.1 Å². The molecule has 7 heteroatoms. The number of amides is 1. The number of aromatic nitrogens is 2. The largest absolute Gasteiger partial charge is 0.451 e. The van der Waals surface area contributed by atoms with Crippen molar-refractivity contribution in [2.45, 2.75) is 13.8 Å². The number of benzene rings is 1. The number of ether oxygens (including phenoxy) is 1. The zero-order chi connectivity index (χ0) is 16.8. The first-order valence-corrected chi connectivity index (χ1v) is 6.82. The second kappa shape index (κ2) is 7.26. The Morgan fingerprint density at radius 2 is 1.78 bits per heavy atom. The summed E-state index contributed by atoms with van der Waals surface area (Å²) in [6.45, 7) is 2.76. The summed E-state index contributed by atoms with van der Waals surface area (Å²) in [5.41, 5.74) is 1.76. The van der Waals surface area contributed by atoms with Gasteiger partial charge in [-0.25, -0.2) is 9.78 Å². The minimum absolute atomic E-state index is 0.0363. The molecule has 0 radical (unpaired) electrons. The lowest BCUT2D eigenvalue weighted by Crippen LogP contribution is -2.21. The van der Waals surface area contributed by atoms with E-state index in [-0.39, 0.29) is 11.5 Å². The van der Waals surface area contributed by atoms with Crippen LogP contribution in [0.5, 0.6) is 0 Å². The number of carbonyl (C=O) groups excluding carboxylic acids is 3. The van der Waals surface area contributed by atoms with Crippen LogP contribution in [-0.4, -0.2) is 34.2 Å². The normalized spacial score (nSPS) is 10.0. The van der Waals surface area contributed by atoms with Crippen LogP contribution in [0.1, 0.15) is 33.5 Å². The molecule has 1 aromatic heterocycles. The van der Waals surface area contributed by atoms with Gasteiger partial charge in [0.1, 0.15) is 0 Å². The van der Waals surface area contributed by atoms with Crippen molar-refractivity contribution in [2.24, 2.45) is 0 Å². The van der Waals surface area contributed by atoms with Crippen LogP contribution in [0.4, 0.5) is 5.69 Å². The Balaban J connectivity index is 1.86. The number of nitrogens with one attached hydrogen (secondary N) is 1. The predicted octanol–water partition coefficient (Wildman–Crippen LogP) is 1.78. The van der Waals surface area contributed by atoms with Gasteiger partial charge in [-0.1, -0.05) is 0 Å². The molecule has 0 aliphatic carbocycles. The van der Waals surface area contributed by atoms with E-state index in [1.807, 2.05) is 0 Å². The lowest BCUT2D eigenvalue weighted by Gasteiger charge is -2.06. The van der Waals surface area contributed by atoms with Gasteiger partial charge >= 0.3 is 5.97 Å². The Labute approximate surface area is 132 Å². The topological polar surface area (TPSA) is 98.2 Å². The summed E-state index contributed by atoms with van der Waals surface area (Å²) in [6.07, 6.45) is 2.73. The van der Waals surface area contributed by atoms with E-state index < -0.39 is 18.5 Å². The van der Waals surface area contributed by atoms with Crippen molar-refractivity contribution >= 4 is 23.3 Å². The van der Waals surface area contributed by atoms with Gasteiger partial charge in [0.2, 0.25) is 0 Å². The highest BCUT2D eigenvalue weighted by atomic mass is 16.5. The van der Waals surface area contributed by atoms with Crippen molar-refractivity contribution in [3.8, 4) is 0 Å². The highest BCUT2D eigenvalue weighted by Gasteiger charge is 2.12. The van der Waals surface area contributed by atoms with Gasteiger partial charge in [-0.15, -0.1) is 0 Å². The average Bonchev–Trinajstić information content (AvgIpc) is 2.54. The van der Waals surface area contributed by atoms with Crippen LogP contribution in [0.25, 0.3) is 0 Å². The van der Waals surface area contributed by atoms with Crippen LogP contribution in [0.15, 0.2) is 36.7 Å². The van der Waals surface area contributed by atoms with Crippen LogP contribution in [0, 0.1) is 6.92 Å². The maximum atomic E-state index is 11.7. The summed E-state index contributed by atoms with van der Waals surface area (Å²) in [7, 11) is 0. The number of aryl methyl sites for hydroxylation is 1. The number of nitrogens with zero attached hydrogens (tertiary/aromatic N) is 2. The summed E-state index contributed by atoms with van der Waals surface area (Å²) in [4.78, 5) is 42.4. The quantitative estimate of drug-likeness (QED) is 0.667. The van der Waals surface area contributed by atoms with E-state index in [2.05, 4.69) is 15.3 Å². The minimum atomic E-state index is -0.723. The molecule has 0 atom stereocenters. The third-order valence-electron chi connectivity index (χ3n) is 2.90. The number of hydrogen-bond acceptors (Lipinski definition) is 6. The molecule has 1 aromatic carbocycles. The number of Topliss-reactive ketones (excluding diaryl/α,β-unsaturated/α-hetero) is 1. The molecule has 1 N–H and O–H groups in total. The number of rotatable bonds is 5. The summed E-state index contributed by atoms with van der Waals surface area (Å²) >= 11 is 0. The van der Waals surface area contributed by atoms with E-state index in [1.165, 1.54) is 19.3 Å². The molecule has 7 nitrogen and oxygen atoms in total. The van der Waals surface area contributed by atoms with E-state index in [9.17, 15) is 14.4 Å². The smallest absolute Gasteiger partial charge is 0.359 e. The molecule has 0 bridgehead atoms. The number of esters is 1. The van der Waals surface area contributed by atoms with Gasteiger partial charge in [-0.2, -0.15) is 0 Å². The second-order valence-electron chi connectivity index (χ2n) is 4.80. The van der Waals surface area contributed by atoms with Gasteiger partial charge in [0.15, 0.2) is 18.1 Å². The summed E-state index contributed by atoms with van der Waals surface area (Å²) < 4.78 is 4.86. The molecule has 1 amide bonds. The highest BCUT2D eigenvalue weighted by molar-refractivity contribution is 5.96. The summed E-state index contributed by atoms with van der Waals surface area (Å²) in [6, 6.07) is 6.40. The molecular formula is C16H15N3O4.